The monoisotopic (exact) mass is 368 g/mol. The Bertz CT molecular complexity index is 760. The van der Waals surface area contributed by atoms with E-state index in [1.54, 1.807) is 14.2 Å². The molecule has 1 aliphatic heterocycles. The van der Waals surface area contributed by atoms with Gasteiger partial charge in [0.2, 0.25) is 5.91 Å². The van der Waals surface area contributed by atoms with E-state index >= 15 is 0 Å². The Morgan fingerprint density at radius 2 is 1.78 bits per heavy atom. The highest BCUT2D eigenvalue weighted by atomic mass is 16.5. The van der Waals surface area contributed by atoms with Gasteiger partial charge in [-0.1, -0.05) is 24.3 Å². The van der Waals surface area contributed by atoms with E-state index in [0.717, 1.165) is 36.6 Å². The third-order valence-electron chi connectivity index (χ3n) is 5.27. The van der Waals surface area contributed by atoms with E-state index in [-0.39, 0.29) is 11.9 Å². The molecule has 5 nitrogen and oxygen atoms in total. The fraction of sp³-hybridized carbons (Fsp3) is 0.409. The normalized spacial score (nSPS) is 17.6. The standard InChI is InChI=1S/C22H28N2O3/c1-23-13-14-24(16-21(23)18-5-4-6-20(15-18)27-3)22(25)12-9-17-7-10-19(26-2)11-8-17/h4-8,10-11,15,21H,9,12-14,16H2,1-3H3. The number of hydrogen-bond acceptors (Lipinski definition) is 4. The third kappa shape index (κ3) is 4.80. The molecular formula is C22H28N2O3. The molecule has 144 valence electrons. The van der Waals surface area contributed by atoms with E-state index in [2.05, 4.69) is 24.1 Å². The number of likely N-dealkylation sites (N-methyl/N-ethyl adjacent to an activating group) is 1. The van der Waals surface area contributed by atoms with E-state index in [0.29, 0.717) is 13.0 Å². The first-order chi connectivity index (χ1) is 13.1. The Morgan fingerprint density at radius 1 is 1.04 bits per heavy atom. The van der Waals surface area contributed by atoms with E-state index in [9.17, 15) is 4.79 Å². The van der Waals surface area contributed by atoms with Crippen LogP contribution in [0.1, 0.15) is 23.6 Å². The number of rotatable bonds is 6. The van der Waals surface area contributed by atoms with Gasteiger partial charge in [0.25, 0.3) is 0 Å². The molecule has 0 aromatic heterocycles. The molecule has 0 saturated carbocycles. The summed E-state index contributed by atoms with van der Waals surface area (Å²) >= 11 is 0. The lowest BCUT2D eigenvalue weighted by molar-refractivity contribution is -0.134. The van der Waals surface area contributed by atoms with Gasteiger partial charge in [-0.15, -0.1) is 0 Å². The van der Waals surface area contributed by atoms with Crippen LogP contribution in [0.15, 0.2) is 48.5 Å². The molecule has 3 rings (SSSR count). The predicted octanol–water partition coefficient (Wildman–Crippen LogP) is 3.15. The van der Waals surface area contributed by atoms with Crippen LogP contribution >= 0.6 is 0 Å². The van der Waals surface area contributed by atoms with Crippen molar-refractivity contribution in [2.75, 3.05) is 40.9 Å². The lowest BCUT2D eigenvalue weighted by atomic mass is 10.0. The van der Waals surface area contributed by atoms with Crippen LogP contribution in [0, 0.1) is 0 Å². The minimum absolute atomic E-state index is 0.193. The zero-order valence-corrected chi connectivity index (χ0v) is 16.4. The Morgan fingerprint density at radius 3 is 2.48 bits per heavy atom. The number of piperazine rings is 1. The topological polar surface area (TPSA) is 42.0 Å². The van der Waals surface area contributed by atoms with Crippen molar-refractivity contribution in [2.45, 2.75) is 18.9 Å². The highest BCUT2D eigenvalue weighted by Crippen LogP contribution is 2.27. The van der Waals surface area contributed by atoms with Crippen LogP contribution in [0.2, 0.25) is 0 Å². The Hall–Kier alpha value is -2.53. The summed E-state index contributed by atoms with van der Waals surface area (Å²) in [5, 5.41) is 0. The maximum Gasteiger partial charge on any atom is 0.223 e. The highest BCUT2D eigenvalue weighted by molar-refractivity contribution is 5.76. The van der Waals surface area contributed by atoms with Gasteiger partial charge in [-0.3, -0.25) is 9.69 Å². The summed E-state index contributed by atoms with van der Waals surface area (Å²) in [4.78, 5) is 17.1. The number of aryl methyl sites for hydroxylation is 1. The largest absolute Gasteiger partial charge is 0.497 e. The number of nitrogens with zero attached hydrogens (tertiary/aromatic N) is 2. The summed E-state index contributed by atoms with van der Waals surface area (Å²) in [7, 11) is 5.45. The molecule has 0 N–H and O–H groups in total. The van der Waals surface area contributed by atoms with Crippen molar-refractivity contribution in [1.29, 1.82) is 0 Å². The zero-order valence-electron chi connectivity index (χ0n) is 16.4. The van der Waals surface area contributed by atoms with Gasteiger partial charge in [0.1, 0.15) is 11.5 Å². The molecule has 0 spiro atoms. The molecule has 5 heteroatoms. The summed E-state index contributed by atoms with van der Waals surface area (Å²) in [6.45, 7) is 2.36. The van der Waals surface area contributed by atoms with Crippen molar-refractivity contribution in [3.63, 3.8) is 0 Å². The predicted molar refractivity (Wildman–Crippen MR) is 106 cm³/mol. The molecule has 0 bridgehead atoms. The second-order valence-corrected chi connectivity index (χ2v) is 6.96. The summed E-state index contributed by atoms with van der Waals surface area (Å²) < 4.78 is 10.5. The van der Waals surface area contributed by atoms with Crippen LogP contribution in [-0.4, -0.2) is 56.6 Å². The quantitative estimate of drug-likeness (QED) is 0.786. The molecule has 1 fully saturated rings. The summed E-state index contributed by atoms with van der Waals surface area (Å²) in [5.41, 5.74) is 2.34. The smallest absolute Gasteiger partial charge is 0.223 e. The van der Waals surface area contributed by atoms with E-state index in [1.165, 1.54) is 5.56 Å². The third-order valence-corrected chi connectivity index (χ3v) is 5.27. The molecule has 2 aromatic carbocycles. The van der Waals surface area contributed by atoms with Crippen molar-refractivity contribution >= 4 is 5.91 Å². The zero-order chi connectivity index (χ0) is 19.2. The van der Waals surface area contributed by atoms with Gasteiger partial charge in [-0.25, -0.2) is 0 Å². The molecule has 27 heavy (non-hydrogen) atoms. The molecule has 1 atom stereocenters. The first-order valence-corrected chi connectivity index (χ1v) is 9.35. The van der Waals surface area contributed by atoms with E-state index in [4.69, 9.17) is 9.47 Å². The van der Waals surface area contributed by atoms with Crippen LogP contribution in [0.25, 0.3) is 0 Å². The van der Waals surface area contributed by atoms with Gasteiger partial charge in [-0.2, -0.15) is 0 Å². The number of carbonyl (C=O) groups excluding carboxylic acids is 1. The Balaban J connectivity index is 1.61. The fourth-order valence-corrected chi connectivity index (χ4v) is 3.51. The molecule has 1 unspecified atom stereocenters. The summed E-state index contributed by atoms with van der Waals surface area (Å²) in [5.74, 6) is 1.90. The molecule has 1 saturated heterocycles. The van der Waals surface area contributed by atoms with E-state index in [1.807, 2.05) is 41.3 Å². The lowest BCUT2D eigenvalue weighted by Crippen LogP contribution is -2.49. The second kappa shape index (κ2) is 8.91. The first kappa shape index (κ1) is 19.2. The number of carbonyl (C=O) groups is 1. The van der Waals surface area contributed by atoms with Gasteiger partial charge < -0.3 is 14.4 Å². The van der Waals surface area contributed by atoms with Crippen LogP contribution in [0.5, 0.6) is 11.5 Å². The minimum Gasteiger partial charge on any atom is -0.497 e. The highest BCUT2D eigenvalue weighted by Gasteiger charge is 2.28. The lowest BCUT2D eigenvalue weighted by Gasteiger charge is -2.40. The van der Waals surface area contributed by atoms with Crippen LogP contribution in [0.4, 0.5) is 0 Å². The molecule has 1 aliphatic rings. The molecule has 2 aromatic rings. The average molecular weight is 368 g/mol. The summed E-state index contributed by atoms with van der Waals surface area (Å²) in [6, 6.07) is 16.2. The van der Waals surface area contributed by atoms with Crippen molar-refractivity contribution in [1.82, 2.24) is 9.80 Å². The molecule has 1 amide bonds. The van der Waals surface area contributed by atoms with Crippen LogP contribution < -0.4 is 9.47 Å². The molecule has 1 heterocycles. The minimum atomic E-state index is 0.193. The van der Waals surface area contributed by atoms with Gasteiger partial charge in [-0.05, 0) is 48.9 Å². The SMILES string of the molecule is COc1ccc(CCC(=O)N2CCN(C)C(c3cccc(OC)c3)C2)cc1. The van der Waals surface area contributed by atoms with E-state index < -0.39 is 0 Å². The maximum atomic E-state index is 12.8. The molecule has 0 aliphatic carbocycles. The molecule has 0 radical (unpaired) electrons. The fourth-order valence-electron chi connectivity index (χ4n) is 3.51. The number of methoxy groups -OCH3 is 2. The second-order valence-electron chi connectivity index (χ2n) is 6.96. The number of benzene rings is 2. The number of amides is 1. The molecular weight excluding hydrogens is 340 g/mol. The van der Waals surface area contributed by atoms with Gasteiger partial charge >= 0.3 is 0 Å². The summed E-state index contributed by atoms with van der Waals surface area (Å²) in [6.07, 6.45) is 1.28. The Labute approximate surface area is 161 Å². The van der Waals surface area contributed by atoms with Gasteiger partial charge in [0, 0.05) is 26.1 Å². The first-order valence-electron chi connectivity index (χ1n) is 9.35. The van der Waals surface area contributed by atoms with Crippen LogP contribution in [-0.2, 0) is 11.2 Å². The van der Waals surface area contributed by atoms with Crippen LogP contribution in [0.3, 0.4) is 0 Å². The van der Waals surface area contributed by atoms with Crippen molar-refractivity contribution in [3.05, 3.63) is 59.7 Å². The maximum absolute atomic E-state index is 12.8. The van der Waals surface area contributed by atoms with Gasteiger partial charge in [0.05, 0.1) is 20.3 Å². The number of hydrogen-bond donors (Lipinski definition) is 0. The van der Waals surface area contributed by atoms with Crippen molar-refractivity contribution < 1.29 is 14.3 Å². The average Bonchev–Trinajstić information content (AvgIpc) is 2.72. The van der Waals surface area contributed by atoms with Gasteiger partial charge in [0.15, 0.2) is 0 Å². The van der Waals surface area contributed by atoms with Crippen molar-refractivity contribution in [3.8, 4) is 11.5 Å². The Kier molecular flexibility index (Phi) is 6.35. The van der Waals surface area contributed by atoms with Crippen molar-refractivity contribution in [2.24, 2.45) is 0 Å². The number of ether oxygens (including phenoxy) is 2.